The van der Waals surface area contributed by atoms with Crippen molar-refractivity contribution in [1.82, 2.24) is 0 Å². The van der Waals surface area contributed by atoms with Gasteiger partial charge in [-0.2, -0.15) is 0 Å². The topological polar surface area (TPSA) is 78.9 Å². The smallest absolute Gasteiger partial charge is 0.306 e. The van der Waals surface area contributed by atoms with Gasteiger partial charge in [0.05, 0.1) is 0 Å². The van der Waals surface area contributed by atoms with E-state index < -0.39 is 6.10 Å². The zero-order chi connectivity index (χ0) is 48.6. The molecule has 6 heteroatoms. The van der Waals surface area contributed by atoms with Crippen molar-refractivity contribution in [2.75, 3.05) is 13.2 Å². The van der Waals surface area contributed by atoms with Crippen molar-refractivity contribution in [2.24, 2.45) is 0 Å². The van der Waals surface area contributed by atoms with Gasteiger partial charge in [0.15, 0.2) is 6.10 Å². The van der Waals surface area contributed by atoms with Crippen molar-refractivity contribution < 1.29 is 28.6 Å². The number of carbonyl (C=O) groups excluding carboxylic acids is 3. The van der Waals surface area contributed by atoms with Crippen LogP contribution in [0.25, 0.3) is 0 Å². The maximum absolute atomic E-state index is 12.8. The Balaban J connectivity index is 4.53. The summed E-state index contributed by atoms with van der Waals surface area (Å²) in [6.07, 6.45) is 73.6. The van der Waals surface area contributed by atoms with E-state index in [0.29, 0.717) is 19.3 Å². The third-order valence-electron chi connectivity index (χ3n) is 11.4. The summed E-state index contributed by atoms with van der Waals surface area (Å²) in [5.74, 6) is -1.03. The van der Waals surface area contributed by atoms with E-state index in [2.05, 4.69) is 99.8 Å². The molecule has 380 valence electrons. The monoisotopic (exact) mass is 929 g/mol. The van der Waals surface area contributed by atoms with Crippen molar-refractivity contribution >= 4 is 17.9 Å². The van der Waals surface area contributed by atoms with Gasteiger partial charge in [-0.25, -0.2) is 0 Å². The minimum atomic E-state index is -0.822. The van der Waals surface area contributed by atoms with Gasteiger partial charge in [-0.1, -0.05) is 246 Å². The van der Waals surface area contributed by atoms with Crippen molar-refractivity contribution in [3.63, 3.8) is 0 Å². The average molecular weight is 929 g/mol. The Bertz CT molecular complexity index is 1390. The predicted molar refractivity (Wildman–Crippen MR) is 288 cm³/mol. The van der Waals surface area contributed by atoms with E-state index in [9.17, 15) is 14.4 Å². The van der Waals surface area contributed by atoms with Crippen LogP contribution in [0.5, 0.6) is 0 Å². The number of ether oxygens (including phenoxy) is 3. The molecule has 0 aromatic rings. The average Bonchev–Trinajstić information content (AvgIpc) is 3.33. The first-order valence-corrected chi connectivity index (χ1v) is 27.5. The lowest BCUT2D eigenvalue weighted by molar-refractivity contribution is -0.166. The predicted octanol–water partition coefficient (Wildman–Crippen LogP) is 18.3. The number of allylic oxidation sites excluding steroid dienone is 18. The van der Waals surface area contributed by atoms with Crippen LogP contribution >= 0.6 is 0 Å². The van der Waals surface area contributed by atoms with Gasteiger partial charge in [-0.3, -0.25) is 14.4 Å². The Morgan fingerprint density at radius 1 is 0.313 bits per heavy atom. The van der Waals surface area contributed by atoms with Crippen LogP contribution in [0.15, 0.2) is 109 Å². The largest absolute Gasteiger partial charge is 0.462 e. The van der Waals surface area contributed by atoms with Gasteiger partial charge in [0.2, 0.25) is 0 Å². The molecule has 0 saturated carbocycles. The molecule has 1 unspecified atom stereocenters. The molecule has 0 aliphatic rings. The highest BCUT2D eigenvalue weighted by atomic mass is 16.6. The van der Waals surface area contributed by atoms with Crippen LogP contribution in [-0.2, 0) is 28.6 Å². The van der Waals surface area contributed by atoms with Crippen molar-refractivity contribution in [1.29, 1.82) is 0 Å². The molecule has 0 radical (unpaired) electrons. The SMILES string of the molecule is CCC/C=C/C=C/C=C/C=C/C=C/CCCCCCCC(=O)OCC(COC(=O)CC/C=C/C/C=C/CCCCCCCC)OC(=O)CCCCCCC/C=C/C=C/CCCCCCCCC. The van der Waals surface area contributed by atoms with E-state index in [4.69, 9.17) is 14.2 Å². The minimum Gasteiger partial charge on any atom is -0.462 e. The normalized spacial score (nSPS) is 12.9. The molecule has 0 aliphatic heterocycles. The van der Waals surface area contributed by atoms with E-state index in [0.717, 1.165) is 96.3 Å². The molecular weight excluding hydrogens is 829 g/mol. The molecule has 0 aromatic carbocycles. The van der Waals surface area contributed by atoms with Crippen LogP contribution in [0.2, 0.25) is 0 Å². The summed E-state index contributed by atoms with van der Waals surface area (Å²) in [7, 11) is 0. The molecule has 0 fully saturated rings. The van der Waals surface area contributed by atoms with E-state index >= 15 is 0 Å². The van der Waals surface area contributed by atoms with Crippen molar-refractivity contribution in [2.45, 2.75) is 245 Å². The molecule has 0 bridgehead atoms. The zero-order valence-corrected chi connectivity index (χ0v) is 43.4. The minimum absolute atomic E-state index is 0.117. The van der Waals surface area contributed by atoms with Gasteiger partial charge in [-0.15, -0.1) is 0 Å². The first kappa shape index (κ1) is 63.1. The van der Waals surface area contributed by atoms with Crippen molar-refractivity contribution in [3.8, 4) is 0 Å². The summed E-state index contributed by atoms with van der Waals surface area (Å²) in [4.78, 5) is 38.0. The standard InChI is InChI=1S/C61H100O6/c1-4-7-10-13-16-19-22-25-27-29-31-33-36-39-42-45-48-51-54-60(63)66-57-58(56-65-59(62)53-50-47-44-41-38-35-24-21-18-15-12-9-6-3)67-61(64)55-52-49-46-43-40-37-34-32-30-28-26-23-20-17-14-11-8-5-2/h10,13,16,19,22,25,27-35,38,44,47,58H,4-9,11-12,14-15,17-18,20-21,23-24,26,36-37,39-43,45-46,48-57H2,1-3H3/b13-10+,19-16+,25-22+,29-27+,30-28+,33-31+,34-32+,38-35+,47-44+. The van der Waals surface area contributed by atoms with Crippen LogP contribution in [-0.4, -0.2) is 37.2 Å². The number of hydrogen-bond acceptors (Lipinski definition) is 6. The van der Waals surface area contributed by atoms with E-state index in [1.165, 1.54) is 96.3 Å². The quantitative estimate of drug-likeness (QED) is 0.0199. The Kier molecular flexibility index (Phi) is 51.5. The van der Waals surface area contributed by atoms with Gasteiger partial charge in [0.1, 0.15) is 13.2 Å². The van der Waals surface area contributed by atoms with Crippen LogP contribution in [0.3, 0.4) is 0 Å². The van der Waals surface area contributed by atoms with Gasteiger partial charge in [0, 0.05) is 19.3 Å². The lowest BCUT2D eigenvalue weighted by Crippen LogP contribution is -2.30. The summed E-state index contributed by atoms with van der Waals surface area (Å²) in [6.45, 7) is 6.44. The molecule has 0 spiro atoms. The lowest BCUT2D eigenvalue weighted by atomic mass is 10.1. The highest BCUT2D eigenvalue weighted by Crippen LogP contribution is 2.13. The number of esters is 3. The van der Waals surface area contributed by atoms with Crippen LogP contribution in [0.1, 0.15) is 239 Å². The maximum Gasteiger partial charge on any atom is 0.306 e. The Morgan fingerprint density at radius 2 is 0.657 bits per heavy atom. The highest BCUT2D eigenvalue weighted by Gasteiger charge is 2.19. The maximum atomic E-state index is 12.8. The van der Waals surface area contributed by atoms with Gasteiger partial charge in [0.25, 0.3) is 0 Å². The molecule has 0 aliphatic carbocycles. The number of rotatable bonds is 48. The molecule has 6 nitrogen and oxygen atoms in total. The third kappa shape index (κ3) is 52.9. The molecular formula is C61H100O6. The molecule has 0 heterocycles. The first-order valence-electron chi connectivity index (χ1n) is 27.5. The second kappa shape index (κ2) is 54.7. The third-order valence-corrected chi connectivity index (χ3v) is 11.4. The summed E-state index contributed by atoms with van der Waals surface area (Å²) in [5.41, 5.74) is 0. The highest BCUT2D eigenvalue weighted by molar-refractivity contribution is 5.71. The van der Waals surface area contributed by atoms with Crippen LogP contribution in [0.4, 0.5) is 0 Å². The molecule has 67 heavy (non-hydrogen) atoms. The molecule has 0 amide bonds. The lowest BCUT2D eigenvalue weighted by Gasteiger charge is -2.18. The van der Waals surface area contributed by atoms with E-state index in [1.54, 1.807) is 0 Å². The van der Waals surface area contributed by atoms with Crippen LogP contribution < -0.4 is 0 Å². The van der Waals surface area contributed by atoms with E-state index in [-0.39, 0.29) is 37.5 Å². The molecule has 1 atom stereocenters. The summed E-state index contributed by atoms with van der Waals surface area (Å²) in [5, 5.41) is 0. The van der Waals surface area contributed by atoms with E-state index in [1.807, 2.05) is 30.4 Å². The summed E-state index contributed by atoms with van der Waals surface area (Å²) >= 11 is 0. The molecule has 0 rings (SSSR count). The fourth-order valence-electron chi connectivity index (χ4n) is 7.22. The Hall–Kier alpha value is -3.93. The summed E-state index contributed by atoms with van der Waals surface area (Å²) in [6, 6.07) is 0. The number of hydrogen-bond donors (Lipinski definition) is 0. The van der Waals surface area contributed by atoms with Gasteiger partial charge < -0.3 is 14.2 Å². The van der Waals surface area contributed by atoms with Crippen molar-refractivity contribution in [3.05, 3.63) is 109 Å². The first-order chi connectivity index (χ1) is 33.0. The molecule has 0 aromatic heterocycles. The fourth-order valence-corrected chi connectivity index (χ4v) is 7.22. The fraction of sp³-hybridized carbons (Fsp3) is 0.656. The Labute approximate surface area is 412 Å². The second-order valence-electron chi connectivity index (χ2n) is 17.9. The molecule has 0 N–H and O–H groups in total. The van der Waals surface area contributed by atoms with Gasteiger partial charge in [-0.05, 0) is 83.5 Å². The second-order valence-corrected chi connectivity index (χ2v) is 17.9. The zero-order valence-electron chi connectivity index (χ0n) is 43.4. The number of carbonyl (C=O) groups is 3. The number of unbranched alkanes of at least 4 members (excludes halogenated alkanes) is 24. The van der Waals surface area contributed by atoms with Crippen LogP contribution in [0, 0.1) is 0 Å². The summed E-state index contributed by atoms with van der Waals surface area (Å²) < 4.78 is 16.7. The van der Waals surface area contributed by atoms with Gasteiger partial charge >= 0.3 is 17.9 Å². The molecule has 0 saturated heterocycles. The Morgan fingerprint density at radius 3 is 1.12 bits per heavy atom.